The lowest BCUT2D eigenvalue weighted by atomic mass is 10.2. The minimum absolute atomic E-state index is 1.11. The molecule has 1 rings (SSSR count). The summed E-state index contributed by atoms with van der Waals surface area (Å²) in [5.74, 6) is 1.11. The van der Waals surface area contributed by atoms with E-state index in [0.717, 1.165) is 5.92 Å². The number of hydrogen-bond donors (Lipinski definition) is 0. The first-order valence-corrected chi connectivity index (χ1v) is 5.40. The summed E-state index contributed by atoms with van der Waals surface area (Å²) in [6, 6.07) is 0. The maximum absolute atomic E-state index is 2.28. The zero-order valence-corrected chi connectivity index (χ0v) is 7.49. The van der Waals surface area contributed by atoms with E-state index < -0.39 is 0 Å². The summed E-state index contributed by atoms with van der Waals surface area (Å²) in [6.45, 7) is 0. The highest BCUT2D eigenvalue weighted by molar-refractivity contribution is 8.01. The van der Waals surface area contributed by atoms with Crippen LogP contribution in [0.2, 0.25) is 0 Å². The number of unbranched alkanes of at least 4 members (excludes halogenated alkanes) is 1. The largest absolute Gasteiger partial charge is 0.138 e. The molecular weight excluding hydrogens is 140 g/mol. The quantitative estimate of drug-likeness (QED) is 0.549. The normalized spacial score (nSPS) is 18.5. The summed E-state index contributed by atoms with van der Waals surface area (Å²) in [5.41, 5.74) is 0. The molecule has 58 valence electrons. The predicted octanol–water partition coefficient (Wildman–Crippen LogP) is 3.44. The number of allylic oxidation sites excluding steroid dienone is 1. The van der Waals surface area contributed by atoms with Gasteiger partial charge in [0.25, 0.3) is 0 Å². The minimum Gasteiger partial charge on any atom is -0.138 e. The van der Waals surface area contributed by atoms with Gasteiger partial charge in [0.05, 0.1) is 0 Å². The zero-order valence-electron chi connectivity index (χ0n) is 6.68. The van der Waals surface area contributed by atoms with Gasteiger partial charge < -0.3 is 0 Å². The maximum atomic E-state index is 2.28. The maximum Gasteiger partial charge on any atom is -0.0142 e. The molecule has 0 aliphatic heterocycles. The molecule has 0 aromatic carbocycles. The summed E-state index contributed by atoms with van der Waals surface area (Å²) >= 11 is 1.80. The van der Waals surface area contributed by atoms with Gasteiger partial charge in [0, 0.05) is 0 Å². The Labute approximate surface area is 68.1 Å². The van der Waals surface area contributed by atoms with Crippen LogP contribution in [0.5, 0.6) is 0 Å². The van der Waals surface area contributed by atoms with Crippen LogP contribution in [0.3, 0.4) is 0 Å². The van der Waals surface area contributed by atoms with Crippen molar-refractivity contribution in [3.05, 3.63) is 11.5 Å². The molecule has 0 N–H and O–H groups in total. The molecule has 1 aliphatic rings. The van der Waals surface area contributed by atoms with Gasteiger partial charge in [-0.05, 0) is 30.4 Å². The zero-order chi connectivity index (χ0) is 7.23. The van der Waals surface area contributed by atoms with Gasteiger partial charge in [0.2, 0.25) is 0 Å². The molecule has 0 bridgehead atoms. The predicted molar refractivity (Wildman–Crippen MR) is 49.2 cm³/mol. The lowest BCUT2D eigenvalue weighted by molar-refractivity contribution is 0.675. The second-order valence-electron chi connectivity index (χ2n) is 2.98. The summed E-state index contributed by atoms with van der Waals surface area (Å²) in [5, 5.41) is 2.19. The van der Waals surface area contributed by atoms with E-state index >= 15 is 0 Å². The average molecular weight is 156 g/mol. The van der Waals surface area contributed by atoms with Crippen molar-refractivity contribution >= 4 is 11.8 Å². The average Bonchev–Trinajstić information content (AvgIpc) is 2.71. The van der Waals surface area contributed by atoms with E-state index in [2.05, 4.69) is 17.7 Å². The third kappa shape index (κ3) is 3.99. The number of rotatable bonds is 5. The second kappa shape index (κ2) is 4.84. The van der Waals surface area contributed by atoms with E-state index in [-0.39, 0.29) is 0 Å². The van der Waals surface area contributed by atoms with Crippen LogP contribution >= 0.6 is 11.8 Å². The highest BCUT2D eigenvalue weighted by Crippen LogP contribution is 2.33. The third-order valence-electron chi connectivity index (χ3n) is 1.91. The van der Waals surface area contributed by atoms with Crippen LogP contribution in [0.15, 0.2) is 11.5 Å². The molecule has 0 radical (unpaired) electrons. The Morgan fingerprint density at radius 2 is 2.30 bits per heavy atom. The Morgan fingerprint density at radius 3 is 2.90 bits per heavy atom. The van der Waals surface area contributed by atoms with Gasteiger partial charge in [-0.3, -0.25) is 0 Å². The van der Waals surface area contributed by atoms with Crippen LogP contribution < -0.4 is 0 Å². The molecule has 0 amide bonds. The second-order valence-corrected chi connectivity index (χ2v) is 3.73. The topological polar surface area (TPSA) is 0 Å². The first kappa shape index (κ1) is 8.19. The Kier molecular flexibility index (Phi) is 3.96. The van der Waals surface area contributed by atoms with Crippen molar-refractivity contribution in [2.45, 2.75) is 32.1 Å². The van der Waals surface area contributed by atoms with Crippen molar-refractivity contribution in [3.8, 4) is 0 Å². The highest BCUT2D eigenvalue weighted by atomic mass is 32.2. The van der Waals surface area contributed by atoms with E-state index in [4.69, 9.17) is 0 Å². The molecule has 0 aromatic heterocycles. The van der Waals surface area contributed by atoms with E-state index in [1.54, 1.807) is 11.8 Å². The van der Waals surface area contributed by atoms with Gasteiger partial charge in [-0.2, -0.15) is 0 Å². The highest BCUT2D eigenvalue weighted by Gasteiger charge is 2.19. The molecule has 0 unspecified atom stereocenters. The van der Waals surface area contributed by atoms with Crippen LogP contribution in [0, 0.1) is 5.92 Å². The van der Waals surface area contributed by atoms with Crippen molar-refractivity contribution in [2.75, 3.05) is 6.26 Å². The van der Waals surface area contributed by atoms with Crippen LogP contribution in [0.25, 0.3) is 0 Å². The fraction of sp³-hybridized carbons (Fsp3) is 0.778. The Hall–Kier alpha value is 0.0900. The lowest BCUT2D eigenvalue weighted by Gasteiger charge is -1.91. The van der Waals surface area contributed by atoms with Gasteiger partial charge in [0.15, 0.2) is 0 Å². The smallest absolute Gasteiger partial charge is 0.0142 e. The minimum atomic E-state index is 1.11. The molecule has 0 atom stereocenters. The molecule has 10 heavy (non-hydrogen) atoms. The van der Waals surface area contributed by atoms with Crippen LogP contribution in [-0.2, 0) is 0 Å². The van der Waals surface area contributed by atoms with Crippen molar-refractivity contribution in [2.24, 2.45) is 5.92 Å². The van der Waals surface area contributed by atoms with Gasteiger partial charge >= 0.3 is 0 Å². The van der Waals surface area contributed by atoms with E-state index in [1.165, 1.54) is 32.1 Å². The van der Waals surface area contributed by atoms with Crippen LogP contribution in [0.1, 0.15) is 32.1 Å². The molecule has 0 heterocycles. The van der Waals surface area contributed by atoms with Crippen LogP contribution in [-0.4, -0.2) is 6.26 Å². The van der Waals surface area contributed by atoms with E-state index in [1.807, 2.05) is 0 Å². The van der Waals surface area contributed by atoms with Crippen molar-refractivity contribution in [1.82, 2.24) is 0 Å². The molecule has 1 saturated carbocycles. The van der Waals surface area contributed by atoms with Crippen LogP contribution in [0.4, 0.5) is 0 Å². The number of hydrogen-bond acceptors (Lipinski definition) is 1. The Bertz CT molecular complexity index is 103. The molecule has 0 spiro atoms. The summed E-state index contributed by atoms with van der Waals surface area (Å²) in [6.07, 6.45) is 11.6. The standard InChI is InChI=1S/C9H16S/c1-10-8-4-2-3-5-9-6-7-9/h4,8-9H,2-3,5-7H2,1H3. The van der Waals surface area contributed by atoms with Gasteiger partial charge in [0.1, 0.15) is 0 Å². The summed E-state index contributed by atoms with van der Waals surface area (Å²) < 4.78 is 0. The van der Waals surface area contributed by atoms with Crippen molar-refractivity contribution < 1.29 is 0 Å². The molecule has 0 nitrogen and oxygen atoms in total. The molecule has 1 aliphatic carbocycles. The SMILES string of the molecule is CSC=CCCCC1CC1. The third-order valence-corrected chi connectivity index (χ3v) is 2.38. The van der Waals surface area contributed by atoms with E-state index in [9.17, 15) is 0 Å². The van der Waals surface area contributed by atoms with Crippen molar-refractivity contribution in [1.29, 1.82) is 0 Å². The van der Waals surface area contributed by atoms with Gasteiger partial charge in [-0.15, -0.1) is 11.8 Å². The lowest BCUT2D eigenvalue weighted by Crippen LogP contribution is -1.74. The number of thioether (sulfide) groups is 1. The fourth-order valence-electron chi connectivity index (χ4n) is 1.10. The summed E-state index contributed by atoms with van der Waals surface area (Å²) in [7, 11) is 0. The fourth-order valence-corrected chi connectivity index (χ4v) is 1.42. The Balaban J connectivity index is 1.80. The first-order valence-electron chi connectivity index (χ1n) is 4.11. The van der Waals surface area contributed by atoms with E-state index in [0.29, 0.717) is 0 Å². The molecular formula is C9H16S. The molecule has 1 fully saturated rings. The van der Waals surface area contributed by atoms with Crippen molar-refractivity contribution in [3.63, 3.8) is 0 Å². The molecule has 0 saturated heterocycles. The van der Waals surface area contributed by atoms with Gasteiger partial charge in [-0.1, -0.05) is 25.3 Å². The monoisotopic (exact) mass is 156 g/mol. The first-order chi connectivity index (χ1) is 4.93. The molecule has 0 aromatic rings. The molecule has 1 heteroatoms. The summed E-state index contributed by atoms with van der Waals surface area (Å²) in [4.78, 5) is 0. The van der Waals surface area contributed by atoms with Gasteiger partial charge in [-0.25, -0.2) is 0 Å². The Morgan fingerprint density at radius 1 is 1.50 bits per heavy atom.